The molecule has 3 rings (SSSR count). The largest absolute Gasteiger partial charge is 0.351 e. The first-order valence-corrected chi connectivity index (χ1v) is 8.59. The highest BCUT2D eigenvalue weighted by molar-refractivity contribution is 7.71. The second kappa shape index (κ2) is 7.44. The maximum absolute atomic E-state index is 12.5. The number of rotatable bonds is 5. The number of benzene rings is 2. The second-order valence-electron chi connectivity index (χ2n) is 5.89. The Morgan fingerprint density at radius 2 is 1.92 bits per heavy atom. The Kier molecular flexibility index (Phi) is 5.09. The fraction of sp³-hybridized carbons (Fsp3) is 0.211. The average molecular weight is 353 g/mol. The Hall–Kier alpha value is -2.73. The normalized spacial score (nSPS) is 12.0. The molecule has 1 amide bonds. The van der Waals surface area contributed by atoms with Crippen molar-refractivity contribution in [1.82, 2.24) is 15.3 Å². The third-order valence-electron chi connectivity index (χ3n) is 4.27. The van der Waals surface area contributed by atoms with Gasteiger partial charge in [0.05, 0.1) is 10.9 Å². The van der Waals surface area contributed by atoms with E-state index in [2.05, 4.69) is 34.3 Å². The number of amides is 1. The molecule has 0 aliphatic rings. The van der Waals surface area contributed by atoms with Crippen LogP contribution in [0.25, 0.3) is 10.9 Å². The van der Waals surface area contributed by atoms with Crippen LogP contribution in [-0.4, -0.2) is 22.4 Å². The highest BCUT2D eigenvalue weighted by Gasteiger charge is 2.12. The Bertz CT molecular complexity index is 1010. The van der Waals surface area contributed by atoms with Crippen LogP contribution in [0.15, 0.2) is 53.3 Å². The maximum Gasteiger partial charge on any atom is 0.259 e. The third kappa shape index (κ3) is 3.85. The number of carbonyl (C=O) groups excluding carboxylic acids is 1. The zero-order chi connectivity index (χ0) is 17.8. The number of aromatic nitrogens is 2. The Labute approximate surface area is 150 Å². The highest BCUT2D eigenvalue weighted by atomic mass is 32.1. The van der Waals surface area contributed by atoms with Crippen LogP contribution in [0.2, 0.25) is 0 Å². The topological polar surface area (TPSA) is 77.8 Å². The van der Waals surface area contributed by atoms with Crippen molar-refractivity contribution in [3.05, 3.63) is 74.8 Å². The van der Waals surface area contributed by atoms with Gasteiger partial charge in [0, 0.05) is 18.0 Å². The van der Waals surface area contributed by atoms with Gasteiger partial charge in [-0.3, -0.25) is 14.6 Å². The molecule has 0 radical (unpaired) electrons. The van der Waals surface area contributed by atoms with Crippen LogP contribution < -0.4 is 10.9 Å². The van der Waals surface area contributed by atoms with Crippen molar-refractivity contribution in [2.75, 3.05) is 6.54 Å². The summed E-state index contributed by atoms with van der Waals surface area (Å²) in [6.45, 7) is 2.66. The molecule has 1 aromatic heterocycles. The van der Waals surface area contributed by atoms with E-state index in [9.17, 15) is 9.59 Å². The molecule has 0 unspecified atom stereocenters. The van der Waals surface area contributed by atoms with E-state index in [4.69, 9.17) is 12.2 Å². The third-order valence-corrected chi connectivity index (χ3v) is 4.48. The standard InChI is InChI=1S/C19H19N3O2S/c1-2-12(13-6-4-3-5-7-13)11-20-17(23)14-8-9-15-16(10-14)21-19(25)22-18(15)24/h3-10,12H,2,11H2,1H3,(H,20,23)(H2,21,22,24,25)/t12-/m1/s1. The maximum atomic E-state index is 12.5. The SMILES string of the molecule is CC[C@H](CNC(=O)c1ccc2c(=O)[nH]c(=S)[nH]c2c1)c1ccccc1. The molecule has 1 heterocycles. The van der Waals surface area contributed by atoms with Gasteiger partial charge in [-0.05, 0) is 42.4 Å². The Morgan fingerprint density at radius 3 is 2.64 bits per heavy atom. The summed E-state index contributed by atoms with van der Waals surface area (Å²) in [5.74, 6) is 0.0927. The molecule has 3 N–H and O–H groups in total. The molecule has 3 aromatic rings. The van der Waals surface area contributed by atoms with Gasteiger partial charge in [-0.1, -0.05) is 37.3 Å². The van der Waals surface area contributed by atoms with E-state index in [1.165, 1.54) is 5.56 Å². The van der Waals surface area contributed by atoms with Gasteiger partial charge in [0.2, 0.25) is 0 Å². The first-order valence-electron chi connectivity index (χ1n) is 8.18. The number of fused-ring (bicyclic) bond motifs is 1. The van der Waals surface area contributed by atoms with Crippen LogP contribution in [0, 0.1) is 4.77 Å². The summed E-state index contributed by atoms with van der Waals surface area (Å²) >= 11 is 4.98. The van der Waals surface area contributed by atoms with E-state index < -0.39 is 0 Å². The summed E-state index contributed by atoms with van der Waals surface area (Å²) in [6, 6.07) is 15.1. The van der Waals surface area contributed by atoms with Gasteiger partial charge in [0.1, 0.15) is 0 Å². The number of aromatic amines is 2. The van der Waals surface area contributed by atoms with Crippen LogP contribution in [-0.2, 0) is 0 Å². The zero-order valence-electron chi connectivity index (χ0n) is 13.8. The number of carbonyl (C=O) groups is 1. The van der Waals surface area contributed by atoms with Crippen LogP contribution in [0.5, 0.6) is 0 Å². The molecule has 5 nitrogen and oxygen atoms in total. The minimum Gasteiger partial charge on any atom is -0.351 e. The monoisotopic (exact) mass is 353 g/mol. The smallest absolute Gasteiger partial charge is 0.259 e. The average Bonchev–Trinajstić information content (AvgIpc) is 2.62. The van der Waals surface area contributed by atoms with Crippen molar-refractivity contribution >= 4 is 29.0 Å². The fourth-order valence-corrected chi connectivity index (χ4v) is 3.05. The summed E-state index contributed by atoms with van der Waals surface area (Å²) in [7, 11) is 0. The first-order chi connectivity index (χ1) is 12.1. The van der Waals surface area contributed by atoms with Gasteiger partial charge in [0.15, 0.2) is 4.77 Å². The lowest BCUT2D eigenvalue weighted by Crippen LogP contribution is -2.28. The Balaban J connectivity index is 1.78. The van der Waals surface area contributed by atoms with Crippen molar-refractivity contribution in [3.8, 4) is 0 Å². The van der Waals surface area contributed by atoms with E-state index in [1.54, 1.807) is 18.2 Å². The van der Waals surface area contributed by atoms with Crippen LogP contribution in [0.1, 0.15) is 35.2 Å². The summed E-state index contributed by atoms with van der Waals surface area (Å²) in [6.07, 6.45) is 0.935. The molecule has 0 aliphatic heterocycles. The van der Waals surface area contributed by atoms with Crippen molar-refractivity contribution in [2.45, 2.75) is 19.3 Å². The predicted molar refractivity (Wildman–Crippen MR) is 102 cm³/mol. The van der Waals surface area contributed by atoms with Gasteiger partial charge in [-0.2, -0.15) is 0 Å². The number of hydrogen-bond acceptors (Lipinski definition) is 3. The van der Waals surface area contributed by atoms with Crippen molar-refractivity contribution < 1.29 is 4.79 Å². The molecule has 0 bridgehead atoms. The zero-order valence-corrected chi connectivity index (χ0v) is 14.7. The van der Waals surface area contributed by atoms with Crippen molar-refractivity contribution in [1.29, 1.82) is 0 Å². The van der Waals surface area contributed by atoms with E-state index >= 15 is 0 Å². The lowest BCUT2D eigenvalue weighted by Gasteiger charge is -2.16. The molecule has 0 saturated heterocycles. The summed E-state index contributed by atoms with van der Waals surface area (Å²) in [4.78, 5) is 29.8. The molecular formula is C19H19N3O2S. The van der Waals surface area contributed by atoms with E-state index in [1.807, 2.05) is 18.2 Å². The van der Waals surface area contributed by atoms with E-state index in [0.717, 1.165) is 6.42 Å². The first kappa shape index (κ1) is 17.1. The summed E-state index contributed by atoms with van der Waals surface area (Å²) in [5.41, 5.74) is 1.99. The van der Waals surface area contributed by atoms with Gasteiger partial charge in [-0.25, -0.2) is 0 Å². The second-order valence-corrected chi connectivity index (χ2v) is 6.30. The minimum absolute atomic E-state index is 0.170. The van der Waals surface area contributed by atoms with Gasteiger partial charge in [-0.15, -0.1) is 0 Å². The molecule has 2 aromatic carbocycles. The van der Waals surface area contributed by atoms with Crippen LogP contribution in [0.3, 0.4) is 0 Å². The predicted octanol–water partition coefficient (Wildman–Crippen LogP) is 3.51. The number of nitrogens with one attached hydrogen (secondary N) is 3. The van der Waals surface area contributed by atoms with Gasteiger partial charge >= 0.3 is 0 Å². The molecule has 0 spiro atoms. The van der Waals surface area contributed by atoms with E-state index in [0.29, 0.717) is 23.0 Å². The minimum atomic E-state index is -0.263. The molecular weight excluding hydrogens is 334 g/mol. The van der Waals surface area contributed by atoms with Crippen molar-refractivity contribution in [3.63, 3.8) is 0 Å². The molecule has 0 saturated carbocycles. The molecule has 0 fully saturated rings. The van der Waals surface area contributed by atoms with Gasteiger partial charge in [0.25, 0.3) is 11.5 Å². The molecule has 25 heavy (non-hydrogen) atoms. The quantitative estimate of drug-likeness (QED) is 0.614. The fourth-order valence-electron chi connectivity index (χ4n) is 2.85. The Morgan fingerprint density at radius 1 is 1.16 bits per heavy atom. The molecule has 0 aliphatic carbocycles. The van der Waals surface area contributed by atoms with E-state index in [-0.39, 0.29) is 22.2 Å². The van der Waals surface area contributed by atoms with Gasteiger partial charge < -0.3 is 10.3 Å². The molecule has 1 atom stereocenters. The summed E-state index contributed by atoms with van der Waals surface area (Å²) in [5, 5.41) is 3.45. The highest BCUT2D eigenvalue weighted by Crippen LogP contribution is 2.18. The molecule has 6 heteroatoms. The van der Waals surface area contributed by atoms with Crippen LogP contribution >= 0.6 is 12.2 Å². The molecule has 128 valence electrons. The summed E-state index contributed by atoms with van der Waals surface area (Å²) < 4.78 is 0.241. The van der Waals surface area contributed by atoms with Crippen LogP contribution in [0.4, 0.5) is 0 Å². The van der Waals surface area contributed by atoms with Crippen molar-refractivity contribution in [2.24, 2.45) is 0 Å². The number of H-pyrrole nitrogens is 2. The lowest BCUT2D eigenvalue weighted by molar-refractivity contribution is 0.0951. The lowest BCUT2D eigenvalue weighted by atomic mass is 9.96. The number of hydrogen-bond donors (Lipinski definition) is 3.